The summed E-state index contributed by atoms with van der Waals surface area (Å²) in [6.07, 6.45) is 1.88. The van der Waals surface area contributed by atoms with Crippen molar-refractivity contribution in [1.82, 2.24) is 4.90 Å². The first-order valence-electron chi connectivity index (χ1n) is 12.4. The molecule has 0 spiro atoms. The van der Waals surface area contributed by atoms with E-state index >= 15 is 0 Å². The van der Waals surface area contributed by atoms with Crippen LogP contribution < -0.4 is 14.8 Å². The van der Waals surface area contributed by atoms with E-state index in [-0.39, 0.29) is 22.4 Å². The molecule has 0 saturated heterocycles. The largest absolute Gasteiger partial charge is 0.493 e. The Morgan fingerprint density at radius 2 is 1.76 bits per heavy atom. The van der Waals surface area contributed by atoms with Gasteiger partial charge in [-0.05, 0) is 42.7 Å². The second-order valence-corrected chi connectivity index (χ2v) is 11.4. The Kier molecular flexibility index (Phi) is 9.16. The lowest BCUT2D eigenvalue weighted by molar-refractivity contribution is -0.114. The van der Waals surface area contributed by atoms with Gasteiger partial charge < -0.3 is 19.9 Å². The van der Waals surface area contributed by atoms with Gasteiger partial charge in [0.1, 0.15) is 9.84 Å². The number of aliphatic hydroxyl groups is 1. The third-order valence-corrected chi connectivity index (χ3v) is 7.17. The van der Waals surface area contributed by atoms with E-state index in [9.17, 15) is 27.9 Å². The number of anilines is 1. The van der Waals surface area contributed by atoms with Gasteiger partial charge in [0.25, 0.3) is 11.8 Å². The molecule has 0 aliphatic carbocycles. The Labute approximate surface area is 222 Å². The van der Waals surface area contributed by atoms with Crippen molar-refractivity contribution in [2.75, 3.05) is 31.0 Å². The van der Waals surface area contributed by atoms with Crippen molar-refractivity contribution in [2.24, 2.45) is 0 Å². The molecule has 2 aromatic rings. The van der Waals surface area contributed by atoms with E-state index in [1.54, 1.807) is 25.1 Å². The van der Waals surface area contributed by atoms with Gasteiger partial charge in [0.2, 0.25) is 5.91 Å². The smallest absolute Gasteiger partial charge is 0.264 e. The molecule has 3 amide bonds. The first-order chi connectivity index (χ1) is 17.9. The third-order valence-electron chi connectivity index (χ3n) is 6.25. The van der Waals surface area contributed by atoms with Crippen LogP contribution in [-0.4, -0.2) is 61.9 Å². The standard InChI is InChI=1S/C27H34N2O8S/c1-6-8-9-21(31)18-11-12-19(28-16(3)30)25-24(18)26(32)29(27(25)33)20(15-38(5,34)35)17-10-13-22(36-4)23(14-17)37-7-2/h10-14,20-21,31H,6-9,15H2,1-5H3,(H,28,30)/t20-,21?/m1/s1. The van der Waals surface area contributed by atoms with Crippen molar-refractivity contribution < 1.29 is 37.4 Å². The minimum absolute atomic E-state index is 0.0399. The minimum Gasteiger partial charge on any atom is -0.493 e. The number of ether oxygens (including phenoxy) is 2. The summed E-state index contributed by atoms with van der Waals surface area (Å²) in [7, 11) is -2.23. The number of aliphatic hydroxyl groups excluding tert-OH is 1. The van der Waals surface area contributed by atoms with Crippen LogP contribution in [-0.2, 0) is 14.6 Å². The maximum Gasteiger partial charge on any atom is 0.264 e. The Bertz CT molecular complexity index is 1340. The maximum absolute atomic E-state index is 13.9. The van der Waals surface area contributed by atoms with Crippen LogP contribution in [0.15, 0.2) is 30.3 Å². The number of fused-ring (bicyclic) bond motifs is 1. The maximum atomic E-state index is 13.9. The molecule has 38 heavy (non-hydrogen) atoms. The Morgan fingerprint density at radius 1 is 1.08 bits per heavy atom. The Hall–Kier alpha value is -3.44. The number of methoxy groups -OCH3 is 1. The lowest BCUT2D eigenvalue weighted by atomic mass is 9.94. The van der Waals surface area contributed by atoms with Crippen molar-refractivity contribution in [3.05, 3.63) is 52.6 Å². The van der Waals surface area contributed by atoms with Crippen LogP contribution in [0.25, 0.3) is 0 Å². The molecule has 2 aromatic carbocycles. The van der Waals surface area contributed by atoms with Gasteiger partial charge in [-0.1, -0.05) is 31.9 Å². The molecular weight excluding hydrogens is 512 g/mol. The van der Waals surface area contributed by atoms with E-state index in [4.69, 9.17) is 9.47 Å². The third kappa shape index (κ3) is 6.16. The number of nitrogens with zero attached hydrogens (tertiary/aromatic N) is 1. The summed E-state index contributed by atoms with van der Waals surface area (Å²) >= 11 is 0. The molecule has 2 N–H and O–H groups in total. The van der Waals surface area contributed by atoms with Crippen LogP contribution >= 0.6 is 0 Å². The van der Waals surface area contributed by atoms with Crippen LogP contribution in [0.5, 0.6) is 11.5 Å². The fraction of sp³-hybridized carbons (Fsp3) is 0.444. The zero-order valence-corrected chi connectivity index (χ0v) is 23.1. The second kappa shape index (κ2) is 12.0. The predicted molar refractivity (Wildman–Crippen MR) is 142 cm³/mol. The number of hydrogen-bond acceptors (Lipinski definition) is 8. The summed E-state index contributed by atoms with van der Waals surface area (Å²) in [5.41, 5.74) is 0.606. The van der Waals surface area contributed by atoms with Gasteiger partial charge in [0.05, 0.1) is 48.4 Å². The van der Waals surface area contributed by atoms with E-state index in [0.29, 0.717) is 36.5 Å². The van der Waals surface area contributed by atoms with Crippen LogP contribution in [0.3, 0.4) is 0 Å². The van der Waals surface area contributed by atoms with Crippen LogP contribution in [0, 0.1) is 0 Å². The van der Waals surface area contributed by atoms with E-state index in [2.05, 4.69) is 5.32 Å². The molecule has 1 aliphatic rings. The first-order valence-corrected chi connectivity index (χ1v) is 14.5. The van der Waals surface area contributed by atoms with Crippen LogP contribution in [0.2, 0.25) is 0 Å². The van der Waals surface area contributed by atoms with E-state index < -0.39 is 45.5 Å². The number of benzene rings is 2. The summed E-state index contributed by atoms with van der Waals surface area (Å²) in [4.78, 5) is 40.5. The number of sulfone groups is 1. The molecule has 2 atom stereocenters. The lowest BCUT2D eigenvalue weighted by Gasteiger charge is -2.27. The van der Waals surface area contributed by atoms with Gasteiger partial charge in [-0.2, -0.15) is 0 Å². The molecule has 0 aromatic heterocycles. The quantitative estimate of drug-likeness (QED) is 0.385. The highest BCUT2D eigenvalue weighted by Gasteiger charge is 2.45. The highest BCUT2D eigenvalue weighted by molar-refractivity contribution is 7.90. The summed E-state index contributed by atoms with van der Waals surface area (Å²) in [5, 5.41) is 13.5. The monoisotopic (exact) mass is 546 g/mol. The van der Waals surface area contributed by atoms with Gasteiger partial charge in [-0.3, -0.25) is 19.3 Å². The van der Waals surface area contributed by atoms with E-state index in [0.717, 1.165) is 17.6 Å². The molecule has 3 rings (SSSR count). The number of unbranched alkanes of at least 4 members (excludes halogenated alkanes) is 1. The molecule has 1 heterocycles. The normalized spacial score (nSPS) is 14.7. The highest BCUT2D eigenvalue weighted by Crippen LogP contribution is 2.41. The van der Waals surface area contributed by atoms with Gasteiger partial charge in [0.15, 0.2) is 11.5 Å². The Balaban J connectivity index is 2.21. The van der Waals surface area contributed by atoms with Crippen LogP contribution in [0.1, 0.15) is 84.0 Å². The highest BCUT2D eigenvalue weighted by atomic mass is 32.2. The number of rotatable bonds is 12. The van der Waals surface area contributed by atoms with Gasteiger partial charge in [0, 0.05) is 13.2 Å². The van der Waals surface area contributed by atoms with Crippen molar-refractivity contribution >= 4 is 33.2 Å². The molecule has 0 saturated carbocycles. The molecule has 206 valence electrons. The van der Waals surface area contributed by atoms with Crippen molar-refractivity contribution in [2.45, 2.75) is 52.2 Å². The number of carbonyl (C=O) groups is 3. The Morgan fingerprint density at radius 3 is 2.34 bits per heavy atom. The average molecular weight is 547 g/mol. The molecule has 10 nitrogen and oxygen atoms in total. The van der Waals surface area contributed by atoms with Crippen LogP contribution in [0.4, 0.5) is 5.69 Å². The predicted octanol–water partition coefficient (Wildman–Crippen LogP) is 3.66. The van der Waals surface area contributed by atoms with Gasteiger partial charge in [-0.25, -0.2) is 8.42 Å². The zero-order chi connectivity index (χ0) is 28.2. The summed E-state index contributed by atoms with van der Waals surface area (Å²) < 4.78 is 35.9. The molecule has 0 fully saturated rings. The fourth-order valence-corrected chi connectivity index (χ4v) is 5.50. The summed E-state index contributed by atoms with van der Waals surface area (Å²) in [5.74, 6) is -1.76. The molecule has 0 radical (unpaired) electrons. The number of carbonyl (C=O) groups excluding carboxylic acids is 3. The second-order valence-electron chi connectivity index (χ2n) is 9.22. The summed E-state index contributed by atoms with van der Waals surface area (Å²) in [6.45, 7) is 5.32. The number of imide groups is 1. The molecule has 1 unspecified atom stereocenters. The van der Waals surface area contributed by atoms with E-state index in [1.807, 2.05) is 6.92 Å². The van der Waals surface area contributed by atoms with Crippen molar-refractivity contribution in [3.63, 3.8) is 0 Å². The fourth-order valence-electron chi connectivity index (χ4n) is 4.59. The van der Waals surface area contributed by atoms with Gasteiger partial charge >= 0.3 is 0 Å². The summed E-state index contributed by atoms with van der Waals surface area (Å²) in [6, 6.07) is 6.50. The number of amides is 3. The average Bonchev–Trinajstić information content (AvgIpc) is 3.11. The SMILES string of the molecule is CCCCC(O)c1ccc(NC(C)=O)c2c1C(=O)N([C@H](CS(C)(=O)=O)c1ccc(OC)c(OCC)c1)C2=O. The molecule has 11 heteroatoms. The van der Waals surface area contributed by atoms with Gasteiger partial charge in [-0.15, -0.1) is 0 Å². The van der Waals surface area contributed by atoms with Crippen molar-refractivity contribution in [3.8, 4) is 11.5 Å². The topological polar surface area (TPSA) is 139 Å². The zero-order valence-electron chi connectivity index (χ0n) is 22.2. The van der Waals surface area contributed by atoms with E-state index in [1.165, 1.54) is 26.2 Å². The lowest BCUT2D eigenvalue weighted by Crippen LogP contribution is -2.38. The van der Waals surface area contributed by atoms with Crippen molar-refractivity contribution in [1.29, 1.82) is 0 Å². The minimum atomic E-state index is -3.69. The molecule has 0 bridgehead atoms. The number of nitrogens with one attached hydrogen (secondary N) is 1. The molecular formula is C27H34N2O8S. The first kappa shape index (κ1) is 29.1. The molecule has 1 aliphatic heterocycles. The number of hydrogen-bond donors (Lipinski definition) is 2.